The highest BCUT2D eigenvalue weighted by molar-refractivity contribution is 7.98. The predicted octanol–water partition coefficient (Wildman–Crippen LogP) is 1.15. The molecule has 0 aromatic carbocycles. The van der Waals surface area contributed by atoms with E-state index in [1.807, 2.05) is 6.26 Å². The Morgan fingerprint density at radius 2 is 2.24 bits per heavy atom. The number of hydrogen-bond acceptors (Lipinski definition) is 6. The van der Waals surface area contributed by atoms with Gasteiger partial charge in [-0.05, 0) is 24.5 Å². The average Bonchev–Trinajstić information content (AvgIpc) is 2.64. The number of thioether (sulfide) groups is 1. The molecule has 0 spiro atoms. The Balaban J connectivity index is 1.62. The molecule has 4 amide bonds. The van der Waals surface area contributed by atoms with Gasteiger partial charge in [0.2, 0.25) is 5.91 Å². The van der Waals surface area contributed by atoms with Gasteiger partial charge in [-0.1, -0.05) is 6.08 Å². The van der Waals surface area contributed by atoms with Gasteiger partial charge in [-0.3, -0.25) is 14.5 Å². The van der Waals surface area contributed by atoms with Gasteiger partial charge in [-0.25, -0.2) is 14.8 Å². The van der Waals surface area contributed by atoms with Crippen molar-refractivity contribution < 1.29 is 14.4 Å². The summed E-state index contributed by atoms with van der Waals surface area (Å²) in [5.74, 6) is -1.12. The molecule has 8 nitrogen and oxygen atoms in total. The molecule has 0 saturated carbocycles. The number of hydrogen-bond donors (Lipinski definition) is 1. The van der Waals surface area contributed by atoms with Gasteiger partial charge < -0.3 is 5.32 Å². The molecule has 128 valence electrons. The summed E-state index contributed by atoms with van der Waals surface area (Å²) in [6, 6.07) is 2.69. The first-order chi connectivity index (χ1) is 12.1. The summed E-state index contributed by atoms with van der Waals surface area (Å²) >= 11 is 1.37. The third-order valence-corrected chi connectivity index (χ3v) is 4.39. The summed E-state index contributed by atoms with van der Waals surface area (Å²) in [5.41, 5.74) is 0.455. The zero-order valence-electron chi connectivity index (χ0n) is 13.4. The minimum absolute atomic E-state index is 0.0447. The number of nitrogens with zero attached hydrogens (tertiary/aromatic N) is 4. The minimum atomic E-state index is -0.663. The fraction of sp³-hybridized carbons (Fsp3) is 0.250. The van der Waals surface area contributed by atoms with Crippen molar-refractivity contribution in [2.75, 3.05) is 19.3 Å². The number of urea groups is 1. The Labute approximate surface area is 148 Å². The number of aromatic nitrogens is 1. The average molecular weight is 357 g/mol. The monoisotopic (exact) mass is 357 g/mol. The second-order valence-corrected chi connectivity index (χ2v) is 5.99. The second kappa shape index (κ2) is 7.39. The Kier molecular flexibility index (Phi) is 5.03. The van der Waals surface area contributed by atoms with E-state index in [9.17, 15) is 14.4 Å². The van der Waals surface area contributed by atoms with Crippen molar-refractivity contribution in [2.45, 2.75) is 5.03 Å². The number of dihydropyridines is 1. The van der Waals surface area contributed by atoms with Crippen LogP contribution < -0.4 is 5.32 Å². The molecular formula is C16H15N5O3S. The molecule has 0 bridgehead atoms. The maximum Gasteiger partial charge on any atom is 0.352 e. The lowest BCUT2D eigenvalue weighted by atomic mass is 10.0. The molecule has 1 N–H and O–H groups in total. The molecule has 0 saturated heterocycles. The predicted molar refractivity (Wildman–Crippen MR) is 94.0 cm³/mol. The van der Waals surface area contributed by atoms with Crippen molar-refractivity contribution in [3.8, 4) is 0 Å². The second-order valence-electron chi connectivity index (χ2n) is 5.20. The molecule has 1 unspecified atom stereocenters. The normalized spacial score (nSPS) is 18.8. The van der Waals surface area contributed by atoms with Gasteiger partial charge in [0.25, 0.3) is 5.91 Å². The highest BCUT2D eigenvalue weighted by Gasteiger charge is 2.36. The van der Waals surface area contributed by atoms with Crippen molar-refractivity contribution in [3.63, 3.8) is 0 Å². The van der Waals surface area contributed by atoms with Crippen LogP contribution in [-0.4, -0.2) is 59.1 Å². The van der Waals surface area contributed by atoms with Crippen LogP contribution in [0.25, 0.3) is 0 Å². The van der Waals surface area contributed by atoms with E-state index in [0.717, 1.165) is 4.90 Å². The molecule has 1 aromatic heterocycles. The van der Waals surface area contributed by atoms with E-state index in [1.165, 1.54) is 18.0 Å². The molecule has 25 heavy (non-hydrogen) atoms. The van der Waals surface area contributed by atoms with Gasteiger partial charge >= 0.3 is 6.03 Å². The summed E-state index contributed by atoms with van der Waals surface area (Å²) in [4.78, 5) is 49.6. The van der Waals surface area contributed by atoms with Crippen LogP contribution in [0, 0.1) is 5.92 Å². The summed E-state index contributed by atoms with van der Waals surface area (Å²) in [7, 11) is 0. The zero-order valence-corrected chi connectivity index (χ0v) is 14.2. The van der Waals surface area contributed by atoms with E-state index in [1.54, 1.807) is 30.5 Å². The smallest absolute Gasteiger partial charge is 0.350 e. The fourth-order valence-corrected chi connectivity index (χ4v) is 3.01. The first kappa shape index (κ1) is 17.0. The summed E-state index contributed by atoms with van der Waals surface area (Å²) in [5, 5.41) is 3.31. The number of fused-ring (bicyclic) bond motifs is 1. The number of amidine groups is 1. The number of imide groups is 1. The van der Waals surface area contributed by atoms with E-state index < -0.39 is 11.9 Å². The lowest BCUT2D eigenvalue weighted by molar-refractivity contribution is -0.129. The number of carbonyl (C=O) groups is 3. The molecular weight excluding hydrogens is 342 g/mol. The molecule has 1 atom stereocenters. The Bertz CT molecular complexity index is 818. The maximum absolute atomic E-state index is 12.4. The zero-order chi connectivity index (χ0) is 17.8. The highest BCUT2D eigenvalue weighted by atomic mass is 32.2. The van der Waals surface area contributed by atoms with E-state index >= 15 is 0 Å². The summed E-state index contributed by atoms with van der Waals surface area (Å²) in [6.45, 7) is 0.173. The van der Waals surface area contributed by atoms with Crippen molar-refractivity contribution in [1.29, 1.82) is 0 Å². The van der Waals surface area contributed by atoms with Crippen LogP contribution in [0.4, 0.5) is 4.79 Å². The number of amides is 4. The van der Waals surface area contributed by atoms with Crippen molar-refractivity contribution in [2.24, 2.45) is 15.9 Å². The van der Waals surface area contributed by atoms with Crippen LogP contribution in [0.5, 0.6) is 0 Å². The lowest BCUT2D eigenvalue weighted by Gasteiger charge is -2.27. The minimum Gasteiger partial charge on any atom is -0.350 e. The van der Waals surface area contributed by atoms with Gasteiger partial charge in [0, 0.05) is 25.5 Å². The molecule has 1 aromatic rings. The number of allylic oxidation sites excluding steroid dienone is 1. The molecule has 3 rings (SSSR count). The van der Waals surface area contributed by atoms with Gasteiger partial charge in [-0.15, -0.1) is 11.8 Å². The molecule has 0 radical (unpaired) electrons. The number of nitrogens with one attached hydrogen (secondary N) is 1. The van der Waals surface area contributed by atoms with Gasteiger partial charge in [-0.2, -0.15) is 4.99 Å². The lowest BCUT2D eigenvalue weighted by Crippen LogP contribution is -2.48. The van der Waals surface area contributed by atoms with Crippen LogP contribution in [0.3, 0.4) is 0 Å². The van der Waals surface area contributed by atoms with Crippen LogP contribution in [-0.2, 0) is 4.79 Å². The molecule has 2 aliphatic heterocycles. The SMILES string of the molecule is CSc1ncccc1C(=O)NCCN1C(=O)N=C2N=CC=CC2C1=O. The van der Waals surface area contributed by atoms with Crippen LogP contribution in [0.2, 0.25) is 0 Å². The number of pyridine rings is 1. The van der Waals surface area contributed by atoms with Crippen LogP contribution in [0.1, 0.15) is 10.4 Å². The van der Waals surface area contributed by atoms with E-state index in [-0.39, 0.29) is 30.7 Å². The standard InChI is InChI=1S/C16H15N5O3S/c1-25-14-11(5-3-7-19-14)13(22)18-8-9-21-15(23)10-4-2-6-17-12(10)20-16(21)24/h2-7,10H,8-9H2,1H3,(H,18,22). The Morgan fingerprint density at radius 3 is 3.04 bits per heavy atom. The molecule has 2 aliphatic rings. The third kappa shape index (κ3) is 3.50. The highest BCUT2D eigenvalue weighted by Crippen LogP contribution is 2.19. The number of aliphatic imine (C=N–C) groups is 2. The fourth-order valence-electron chi connectivity index (χ4n) is 2.47. The Morgan fingerprint density at radius 1 is 1.40 bits per heavy atom. The van der Waals surface area contributed by atoms with Crippen LogP contribution in [0.15, 0.2) is 45.5 Å². The Hall–Kier alpha value is -2.81. The first-order valence-corrected chi connectivity index (χ1v) is 8.76. The first-order valence-electron chi connectivity index (χ1n) is 7.54. The van der Waals surface area contributed by atoms with Crippen molar-refractivity contribution >= 4 is 41.7 Å². The number of rotatable bonds is 5. The summed E-state index contributed by atoms with van der Waals surface area (Å²) in [6.07, 6.45) is 8.22. The molecule has 3 heterocycles. The van der Waals surface area contributed by atoms with Crippen LogP contribution >= 0.6 is 11.8 Å². The summed E-state index contributed by atoms with van der Waals surface area (Å²) < 4.78 is 0. The van der Waals surface area contributed by atoms with E-state index in [0.29, 0.717) is 10.6 Å². The number of carbonyl (C=O) groups excluding carboxylic acids is 3. The van der Waals surface area contributed by atoms with Gasteiger partial charge in [0.1, 0.15) is 16.8 Å². The van der Waals surface area contributed by atoms with Gasteiger partial charge in [0.15, 0.2) is 0 Å². The third-order valence-electron chi connectivity index (χ3n) is 3.68. The quantitative estimate of drug-likeness (QED) is 0.796. The topological polar surface area (TPSA) is 104 Å². The largest absolute Gasteiger partial charge is 0.352 e. The molecule has 0 aliphatic carbocycles. The van der Waals surface area contributed by atoms with E-state index in [2.05, 4.69) is 20.3 Å². The molecule has 0 fully saturated rings. The maximum atomic E-state index is 12.4. The van der Waals surface area contributed by atoms with Crippen molar-refractivity contribution in [1.82, 2.24) is 15.2 Å². The van der Waals surface area contributed by atoms with Gasteiger partial charge in [0.05, 0.1) is 5.56 Å². The van der Waals surface area contributed by atoms with E-state index in [4.69, 9.17) is 0 Å². The van der Waals surface area contributed by atoms with Crippen molar-refractivity contribution in [3.05, 3.63) is 36.0 Å². The molecule has 9 heteroatoms.